The molecule has 1 heterocycles. The van der Waals surface area contributed by atoms with E-state index in [1.807, 2.05) is 24.3 Å². The molecule has 3 aromatic carbocycles. The summed E-state index contributed by atoms with van der Waals surface area (Å²) in [7, 11) is 0. The lowest BCUT2D eigenvalue weighted by molar-refractivity contribution is -0.136. The Morgan fingerprint density at radius 2 is 1.52 bits per heavy atom. The monoisotopic (exact) mass is 386 g/mol. The quantitative estimate of drug-likeness (QED) is 0.343. The number of hydrogen-bond acceptors (Lipinski definition) is 3. The lowest BCUT2D eigenvalue weighted by Gasteiger charge is -2.12. The molecule has 5 heteroatoms. The van der Waals surface area contributed by atoms with Crippen molar-refractivity contribution in [1.29, 1.82) is 0 Å². The van der Waals surface area contributed by atoms with Gasteiger partial charge in [0, 0.05) is 28.4 Å². The Balaban J connectivity index is 1.39. The number of carboxylic acids is 1. The molecule has 4 rings (SSSR count). The summed E-state index contributed by atoms with van der Waals surface area (Å²) in [4.78, 5) is 16.4. The summed E-state index contributed by atoms with van der Waals surface area (Å²) < 4.78 is 2.26. The fourth-order valence-corrected chi connectivity index (χ4v) is 3.58. The lowest BCUT2D eigenvalue weighted by Crippen LogP contribution is -2.16. The molecule has 0 spiro atoms. The average molecular weight is 386 g/mol. The molecule has 29 heavy (non-hydrogen) atoms. The van der Waals surface area contributed by atoms with E-state index in [4.69, 9.17) is 9.94 Å². The third-order valence-electron chi connectivity index (χ3n) is 4.95. The van der Waals surface area contributed by atoms with Crippen LogP contribution >= 0.6 is 0 Å². The van der Waals surface area contributed by atoms with Crippen LogP contribution in [0.2, 0.25) is 0 Å². The number of carbonyl (C=O) groups is 1. The van der Waals surface area contributed by atoms with Crippen molar-refractivity contribution in [3.63, 3.8) is 0 Å². The number of fused-ring (bicyclic) bond motifs is 3. The number of carboxylic acid groups (broad SMARTS) is 1. The number of hydroxylamine groups is 1. The molecule has 0 aliphatic heterocycles. The van der Waals surface area contributed by atoms with E-state index >= 15 is 0 Å². The lowest BCUT2D eigenvalue weighted by atomic mass is 10.1. The van der Waals surface area contributed by atoms with Crippen molar-refractivity contribution in [2.24, 2.45) is 0 Å². The minimum Gasteiger partial charge on any atom is -0.481 e. The van der Waals surface area contributed by atoms with Gasteiger partial charge in [0.2, 0.25) is 0 Å². The van der Waals surface area contributed by atoms with Crippen LogP contribution in [0.3, 0.4) is 0 Å². The molecule has 2 N–H and O–H groups in total. The van der Waals surface area contributed by atoms with Gasteiger partial charge >= 0.3 is 5.97 Å². The Kier molecular flexibility index (Phi) is 5.31. The van der Waals surface area contributed by atoms with Gasteiger partial charge in [0.15, 0.2) is 0 Å². The Morgan fingerprint density at radius 1 is 0.931 bits per heavy atom. The number of nitrogens with zero attached hydrogens (tertiary/aromatic N) is 1. The second-order valence-corrected chi connectivity index (χ2v) is 6.88. The zero-order valence-electron chi connectivity index (χ0n) is 16.0. The largest absolute Gasteiger partial charge is 0.481 e. The molecule has 0 fully saturated rings. The molecule has 0 saturated carbocycles. The van der Waals surface area contributed by atoms with Crippen molar-refractivity contribution >= 4 is 33.5 Å². The van der Waals surface area contributed by atoms with Gasteiger partial charge < -0.3 is 9.67 Å². The molecular weight excluding hydrogens is 364 g/mol. The van der Waals surface area contributed by atoms with Gasteiger partial charge in [0.1, 0.15) is 0 Å². The van der Waals surface area contributed by atoms with Crippen LogP contribution < -0.4 is 5.48 Å². The fraction of sp³-hybridized carbons (Fsp3) is 0.125. The molecule has 146 valence electrons. The van der Waals surface area contributed by atoms with E-state index in [1.54, 1.807) is 12.1 Å². The average Bonchev–Trinajstić information content (AvgIpc) is 3.05. The van der Waals surface area contributed by atoms with Gasteiger partial charge in [-0.15, -0.1) is 0 Å². The first kappa shape index (κ1) is 18.8. The molecule has 0 bridgehead atoms. The summed E-state index contributed by atoms with van der Waals surface area (Å²) in [6, 6.07) is 24.0. The van der Waals surface area contributed by atoms with Crippen molar-refractivity contribution in [3.05, 3.63) is 90.5 Å². The zero-order valence-corrected chi connectivity index (χ0v) is 16.0. The maximum atomic E-state index is 10.8. The fourth-order valence-electron chi connectivity index (χ4n) is 3.58. The minimum atomic E-state index is -0.844. The number of nitrogens with one attached hydrogen (secondary N) is 1. The second kappa shape index (κ2) is 8.20. The van der Waals surface area contributed by atoms with Crippen molar-refractivity contribution in [2.45, 2.75) is 13.0 Å². The van der Waals surface area contributed by atoms with Crippen molar-refractivity contribution in [2.75, 3.05) is 6.61 Å². The van der Waals surface area contributed by atoms with E-state index in [0.29, 0.717) is 18.8 Å². The zero-order chi connectivity index (χ0) is 20.2. The van der Waals surface area contributed by atoms with Crippen LogP contribution in [0.15, 0.2) is 79.4 Å². The highest BCUT2D eigenvalue weighted by molar-refractivity contribution is 6.07. The molecule has 5 nitrogen and oxygen atoms in total. The van der Waals surface area contributed by atoms with Gasteiger partial charge in [-0.1, -0.05) is 67.2 Å². The number of hydrogen-bond donors (Lipinski definition) is 2. The van der Waals surface area contributed by atoms with Gasteiger partial charge in [-0.05, 0) is 23.3 Å². The third-order valence-corrected chi connectivity index (χ3v) is 4.95. The van der Waals surface area contributed by atoms with Crippen LogP contribution in [0.1, 0.15) is 11.1 Å². The van der Waals surface area contributed by atoms with Crippen LogP contribution in [-0.4, -0.2) is 22.2 Å². The molecule has 0 aliphatic carbocycles. The summed E-state index contributed by atoms with van der Waals surface area (Å²) in [5, 5.41) is 11.3. The summed E-state index contributed by atoms with van der Waals surface area (Å²) in [5.74, 6) is -0.844. The molecule has 0 amide bonds. The molecule has 0 saturated heterocycles. The van der Waals surface area contributed by atoms with Gasteiger partial charge in [-0.2, -0.15) is 0 Å². The third kappa shape index (κ3) is 4.00. The summed E-state index contributed by atoms with van der Waals surface area (Å²) in [6.07, 6.45) is 0.00939. The van der Waals surface area contributed by atoms with E-state index in [2.05, 4.69) is 53.0 Å². The van der Waals surface area contributed by atoms with Gasteiger partial charge in [-0.25, -0.2) is 0 Å². The smallest absolute Gasteiger partial charge is 0.307 e. The molecule has 0 aliphatic rings. The standard InChI is InChI=1S/C24H22N2O3/c1-17(19-12-10-18(11-13-19)16-24(27)28)25-29-15-14-26-22-8-4-2-6-20(22)21-7-3-5-9-23(21)26/h2-13,25H,1,14-16H2,(H,27,28). The molecule has 1 aromatic heterocycles. The number of aliphatic carboxylic acids is 1. The number of para-hydroxylation sites is 2. The topological polar surface area (TPSA) is 63.5 Å². The number of aromatic nitrogens is 1. The van der Waals surface area contributed by atoms with E-state index < -0.39 is 5.97 Å². The van der Waals surface area contributed by atoms with Gasteiger partial charge in [0.05, 0.1) is 18.7 Å². The van der Waals surface area contributed by atoms with E-state index in [9.17, 15) is 4.79 Å². The first-order valence-electron chi connectivity index (χ1n) is 9.47. The number of rotatable bonds is 8. The Morgan fingerprint density at radius 3 is 2.10 bits per heavy atom. The molecule has 0 radical (unpaired) electrons. The molecule has 0 atom stereocenters. The predicted molar refractivity (Wildman–Crippen MR) is 115 cm³/mol. The Bertz CT molecular complexity index is 1120. The van der Waals surface area contributed by atoms with Crippen molar-refractivity contribution in [1.82, 2.24) is 10.0 Å². The Labute approximate surface area is 168 Å². The van der Waals surface area contributed by atoms with Crippen molar-refractivity contribution < 1.29 is 14.7 Å². The van der Waals surface area contributed by atoms with Gasteiger partial charge in [0.25, 0.3) is 0 Å². The summed E-state index contributed by atoms with van der Waals surface area (Å²) in [5.41, 5.74) is 7.51. The van der Waals surface area contributed by atoms with Crippen LogP contribution in [0.25, 0.3) is 27.5 Å². The highest BCUT2D eigenvalue weighted by atomic mass is 16.6. The second-order valence-electron chi connectivity index (χ2n) is 6.88. The highest BCUT2D eigenvalue weighted by Crippen LogP contribution is 2.28. The maximum absolute atomic E-state index is 10.8. The van der Waals surface area contributed by atoms with Crippen LogP contribution in [0, 0.1) is 0 Å². The van der Waals surface area contributed by atoms with Crippen LogP contribution in [0.4, 0.5) is 0 Å². The summed E-state index contributed by atoms with van der Waals surface area (Å²) in [6.45, 7) is 5.16. The maximum Gasteiger partial charge on any atom is 0.307 e. The number of benzene rings is 3. The molecule has 4 aromatic rings. The molecule has 0 unspecified atom stereocenters. The summed E-state index contributed by atoms with van der Waals surface area (Å²) >= 11 is 0. The van der Waals surface area contributed by atoms with E-state index in [-0.39, 0.29) is 6.42 Å². The first-order chi connectivity index (χ1) is 14.1. The molecular formula is C24H22N2O3. The van der Waals surface area contributed by atoms with Crippen LogP contribution in [0.5, 0.6) is 0 Å². The minimum absolute atomic E-state index is 0.00939. The Hall–Kier alpha value is -3.57. The van der Waals surface area contributed by atoms with Crippen molar-refractivity contribution in [3.8, 4) is 0 Å². The van der Waals surface area contributed by atoms with Gasteiger partial charge in [-0.3, -0.25) is 15.1 Å². The predicted octanol–water partition coefficient (Wildman–Crippen LogP) is 4.61. The normalized spacial score (nSPS) is 11.0. The SMILES string of the molecule is C=C(NOCCn1c2ccccc2c2ccccc21)c1ccc(CC(=O)O)cc1. The van der Waals surface area contributed by atoms with E-state index in [1.165, 1.54) is 21.8 Å². The van der Waals surface area contributed by atoms with Crippen LogP contribution in [-0.2, 0) is 22.6 Å². The highest BCUT2D eigenvalue weighted by Gasteiger charge is 2.09. The van der Waals surface area contributed by atoms with E-state index in [0.717, 1.165) is 11.1 Å². The first-order valence-corrected chi connectivity index (χ1v) is 9.47.